The van der Waals surface area contributed by atoms with Gasteiger partial charge in [-0.25, -0.2) is 4.79 Å². The topological polar surface area (TPSA) is 250 Å². The van der Waals surface area contributed by atoms with Crippen molar-refractivity contribution in [3.63, 3.8) is 0 Å². The second-order valence-electron chi connectivity index (χ2n) is 5.17. The summed E-state index contributed by atoms with van der Waals surface area (Å²) in [6.07, 6.45) is -2.30. The van der Waals surface area contributed by atoms with Gasteiger partial charge in [0.1, 0.15) is 18.3 Å². The number of rotatable bonds is 8. The zero-order valence-corrected chi connectivity index (χ0v) is 15.1. The molecule has 4 atom stereocenters. The number of nitrogens with two attached hydrogens (primary N) is 2. The molecule has 12 nitrogen and oxygen atoms in total. The summed E-state index contributed by atoms with van der Waals surface area (Å²) >= 11 is 0. The number of aliphatic carboxylic acids is 1. The van der Waals surface area contributed by atoms with Gasteiger partial charge in [-0.1, -0.05) is 39.5 Å². The van der Waals surface area contributed by atoms with Gasteiger partial charge in [-0.3, -0.25) is 16.1 Å². The monoisotopic (exact) mass is 383 g/mol. The zero-order chi connectivity index (χ0) is 21.3. The molecule has 0 spiro atoms. The smallest absolute Gasteiger partial charge is 0.335 e. The van der Waals surface area contributed by atoms with E-state index in [1.165, 1.54) is 25.7 Å². The maximum atomic E-state index is 10.1. The van der Waals surface area contributed by atoms with Gasteiger partial charge < -0.3 is 42.1 Å². The quantitative estimate of drug-likeness (QED) is 0.119. The van der Waals surface area contributed by atoms with Crippen LogP contribution in [0.2, 0.25) is 0 Å². The van der Waals surface area contributed by atoms with E-state index in [1.54, 1.807) is 0 Å². The summed E-state index contributed by atoms with van der Waals surface area (Å²) in [6.45, 7) is 3.62. The standard InChI is InChI=1S/C6H12O7.C6H14.C2H7N5/c7-1-2(8)3(9)4(10)5(11)6(12)13;1-3-5-6-4-2;3-1(4)7-2(5)6/h2-5,7-11H,1H2,(H,12,13);3-6H2,1-2H3;(H7,3,4,5,6,7). The third kappa shape index (κ3) is 18.4. The van der Waals surface area contributed by atoms with Crippen LogP contribution in [0.25, 0.3) is 0 Å². The molecular weight excluding hydrogens is 350 g/mol. The molecule has 26 heavy (non-hydrogen) atoms. The maximum absolute atomic E-state index is 10.1. The Morgan fingerprint density at radius 3 is 1.54 bits per heavy atom. The molecule has 0 aromatic heterocycles. The van der Waals surface area contributed by atoms with E-state index in [0.29, 0.717) is 0 Å². The summed E-state index contributed by atoms with van der Waals surface area (Å²) in [5.74, 6) is -2.35. The van der Waals surface area contributed by atoms with Crippen LogP contribution in [0.3, 0.4) is 0 Å². The van der Waals surface area contributed by atoms with Crippen molar-refractivity contribution in [3.05, 3.63) is 0 Å². The molecule has 0 aliphatic heterocycles. The molecule has 4 unspecified atom stereocenters. The Morgan fingerprint density at radius 2 is 1.35 bits per heavy atom. The van der Waals surface area contributed by atoms with E-state index in [4.69, 9.17) is 52.9 Å². The molecule has 0 saturated carbocycles. The van der Waals surface area contributed by atoms with Gasteiger partial charge in [-0.15, -0.1) is 0 Å². The summed E-state index contributed by atoms with van der Waals surface area (Å²) in [7, 11) is 0. The van der Waals surface area contributed by atoms with Gasteiger partial charge in [0.25, 0.3) is 0 Å². The van der Waals surface area contributed by atoms with Crippen molar-refractivity contribution in [2.24, 2.45) is 11.5 Å². The van der Waals surface area contributed by atoms with E-state index >= 15 is 0 Å². The number of carboxylic acids is 1. The normalized spacial score (nSPS) is 14.3. The van der Waals surface area contributed by atoms with E-state index in [-0.39, 0.29) is 11.9 Å². The number of aliphatic hydroxyl groups is 5. The lowest BCUT2D eigenvalue weighted by molar-refractivity contribution is -0.164. The third-order valence-corrected chi connectivity index (χ3v) is 2.73. The summed E-state index contributed by atoms with van der Waals surface area (Å²) in [6, 6.07) is 0. The first-order valence-corrected chi connectivity index (χ1v) is 7.97. The van der Waals surface area contributed by atoms with Crippen molar-refractivity contribution in [1.82, 2.24) is 5.32 Å². The number of nitrogens with one attached hydrogen (secondary N) is 3. The summed E-state index contributed by atoms with van der Waals surface area (Å²) in [5, 5.41) is 66.8. The minimum atomic E-state index is -2.20. The zero-order valence-electron chi connectivity index (χ0n) is 15.1. The van der Waals surface area contributed by atoms with Crippen LogP contribution in [0.4, 0.5) is 0 Å². The Labute approximate surface area is 152 Å². The van der Waals surface area contributed by atoms with Gasteiger partial charge in [0.2, 0.25) is 0 Å². The van der Waals surface area contributed by atoms with Crippen molar-refractivity contribution in [1.29, 1.82) is 10.8 Å². The van der Waals surface area contributed by atoms with Crippen LogP contribution in [-0.2, 0) is 4.79 Å². The summed E-state index contributed by atoms with van der Waals surface area (Å²) in [5.41, 5.74) is 9.49. The molecule has 0 aromatic carbocycles. The lowest BCUT2D eigenvalue weighted by atomic mass is 10.0. The molecule has 13 N–H and O–H groups in total. The Hall–Kier alpha value is -1.99. The second kappa shape index (κ2) is 17.8. The van der Waals surface area contributed by atoms with Gasteiger partial charge in [-0.05, 0) is 0 Å². The maximum Gasteiger partial charge on any atom is 0.335 e. The Morgan fingerprint density at radius 1 is 0.962 bits per heavy atom. The molecule has 0 aromatic rings. The molecule has 0 fully saturated rings. The van der Waals surface area contributed by atoms with Crippen molar-refractivity contribution in [3.8, 4) is 0 Å². The molecular formula is C14H33N5O7. The van der Waals surface area contributed by atoms with Crippen molar-refractivity contribution >= 4 is 17.9 Å². The minimum absolute atomic E-state index is 0.312. The van der Waals surface area contributed by atoms with Crippen LogP contribution in [0.5, 0.6) is 0 Å². The van der Waals surface area contributed by atoms with E-state index in [2.05, 4.69) is 13.8 Å². The molecule has 0 radical (unpaired) electrons. The van der Waals surface area contributed by atoms with Crippen LogP contribution in [0.15, 0.2) is 0 Å². The average molecular weight is 383 g/mol. The number of unbranched alkanes of at least 4 members (excludes halogenated alkanes) is 3. The number of carbonyl (C=O) groups is 1. The molecule has 0 amide bonds. The van der Waals surface area contributed by atoms with Gasteiger partial charge in [-0.2, -0.15) is 0 Å². The highest BCUT2D eigenvalue weighted by atomic mass is 16.4. The molecule has 0 saturated heterocycles. The highest BCUT2D eigenvalue weighted by Gasteiger charge is 2.33. The summed E-state index contributed by atoms with van der Waals surface area (Å²) in [4.78, 5) is 10.1. The molecule has 0 aliphatic rings. The van der Waals surface area contributed by atoms with Crippen LogP contribution >= 0.6 is 0 Å². The van der Waals surface area contributed by atoms with Gasteiger partial charge in [0.05, 0.1) is 6.61 Å². The van der Waals surface area contributed by atoms with Crippen molar-refractivity contribution in [2.75, 3.05) is 6.61 Å². The van der Waals surface area contributed by atoms with Crippen LogP contribution < -0.4 is 16.8 Å². The van der Waals surface area contributed by atoms with Gasteiger partial charge >= 0.3 is 5.97 Å². The largest absolute Gasteiger partial charge is 0.479 e. The number of aliphatic hydroxyl groups excluding tert-OH is 5. The number of hydrogen-bond acceptors (Lipinski definition) is 8. The Kier molecular flexibility index (Phi) is 19.7. The molecule has 0 heterocycles. The van der Waals surface area contributed by atoms with Gasteiger partial charge in [0, 0.05) is 0 Å². The first kappa shape index (κ1) is 28.8. The molecule has 0 bridgehead atoms. The van der Waals surface area contributed by atoms with E-state index in [0.717, 1.165) is 0 Å². The molecule has 0 rings (SSSR count). The van der Waals surface area contributed by atoms with Crippen LogP contribution in [0.1, 0.15) is 39.5 Å². The van der Waals surface area contributed by atoms with E-state index in [9.17, 15) is 4.79 Å². The number of carboxylic acid groups (broad SMARTS) is 1. The number of guanidine groups is 2. The first-order chi connectivity index (χ1) is 12.0. The molecule has 156 valence electrons. The van der Waals surface area contributed by atoms with Crippen LogP contribution in [0, 0.1) is 10.8 Å². The lowest BCUT2D eigenvalue weighted by Crippen LogP contribution is -2.48. The predicted octanol–water partition coefficient (Wildman–Crippen LogP) is -2.54. The fraction of sp³-hybridized carbons (Fsp3) is 0.786. The SMILES string of the molecule is CCCCCC.N=C(N)NC(=N)N.O=C(O)C(O)C(O)C(O)C(O)CO. The van der Waals surface area contributed by atoms with Gasteiger partial charge in [0.15, 0.2) is 18.0 Å². The number of hydrogen-bond donors (Lipinski definition) is 11. The fourth-order valence-electron chi connectivity index (χ4n) is 1.31. The lowest BCUT2D eigenvalue weighted by Gasteiger charge is -2.23. The van der Waals surface area contributed by atoms with Crippen LogP contribution in [-0.4, -0.2) is 79.6 Å². The summed E-state index contributed by atoms with van der Waals surface area (Å²) < 4.78 is 0. The Balaban J connectivity index is -0.000000342. The van der Waals surface area contributed by atoms with Crippen molar-refractivity contribution < 1.29 is 35.4 Å². The third-order valence-electron chi connectivity index (χ3n) is 2.73. The second-order valence-corrected chi connectivity index (χ2v) is 5.17. The van der Waals surface area contributed by atoms with E-state index in [1.807, 2.05) is 5.32 Å². The first-order valence-electron chi connectivity index (χ1n) is 7.97. The average Bonchev–Trinajstić information content (AvgIpc) is 2.56. The fourth-order valence-corrected chi connectivity index (χ4v) is 1.31. The Bertz CT molecular complexity index is 382. The van der Waals surface area contributed by atoms with E-state index < -0.39 is 37.0 Å². The molecule has 12 heteroatoms. The highest BCUT2D eigenvalue weighted by Crippen LogP contribution is 2.04. The minimum Gasteiger partial charge on any atom is -0.479 e. The predicted molar refractivity (Wildman–Crippen MR) is 95.5 cm³/mol. The highest BCUT2D eigenvalue weighted by molar-refractivity contribution is 5.93. The van der Waals surface area contributed by atoms with Crippen molar-refractivity contribution in [2.45, 2.75) is 63.9 Å². The molecule has 0 aliphatic carbocycles.